The molecule has 102 valence electrons. The van der Waals surface area contributed by atoms with Gasteiger partial charge in [-0.25, -0.2) is 4.79 Å². The first kappa shape index (κ1) is 13.5. The molecule has 0 radical (unpaired) electrons. The van der Waals surface area contributed by atoms with Gasteiger partial charge in [-0.15, -0.1) is 0 Å². The molecule has 20 heavy (non-hydrogen) atoms. The normalized spacial score (nSPS) is 10.7. The van der Waals surface area contributed by atoms with E-state index in [0.29, 0.717) is 11.4 Å². The Kier molecular flexibility index (Phi) is 3.95. The van der Waals surface area contributed by atoms with Crippen molar-refractivity contribution in [1.82, 2.24) is 5.16 Å². The van der Waals surface area contributed by atoms with Crippen LogP contribution in [0.15, 0.2) is 40.9 Å². The summed E-state index contributed by atoms with van der Waals surface area (Å²) in [5.74, 6) is -1.26. The van der Waals surface area contributed by atoms with Crippen LogP contribution in [0.3, 0.4) is 0 Å². The summed E-state index contributed by atoms with van der Waals surface area (Å²) < 4.78 is 4.85. The van der Waals surface area contributed by atoms with Gasteiger partial charge >= 0.3 is 5.97 Å². The number of nitrogens with one attached hydrogen (secondary N) is 1. The van der Waals surface area contributed by atoms with E-state index in [4.69, 9.17) is 9.63 Å². The van der Waals surface area contributed by atoms with Crippen molar-refractivity contribution in [2.45, 2.75) is 6.92 Å². The van der Waals surface area contributed by atoms with Gasteiger partial charge in [0.1, 0.15) is 0 Å². The van der Waals surface area contributed by atoms with Crippen LogP contribution in [0, 0.1) is 6.92 Å². The Bertz CT molecular complexity index is 656. The summed E-state index contributed by atoms with van der Waals surface area (Å²) in [5, 5.41) is 14.8. The summed E-state index contributed by atoms with van der Waals surface area (Å²) in [6.07, 6.45) is 2.51. The molecule has 0 spiro atoms. The SMILES string of the molecule is Cc1cc(C(=O)Nc2ccc(C=CC(=O)O)cc2)on1. The van der Waals surface area contributed by atoms with E-state index in [0.717, 1.165) is 11.6 Å². The second-order valence-corrected chi connectivity index (χ2v) is 4.08. The molecule has 0 aliphatic carbocycles. The molecule has 0 fully saturated rings. The van der Waals surface area contributed by atoms with E-state index in [1.165, 1.54) is 6.08 Å². The van der Waals surface area contributed by atoms with E-state index in [1.807, 2.05) is 0 Å². The van der Waals surface area contributed by atoms with Crippen LogP contribution in [0.2, 0.25) is 0 Å². The second-order valence-electron chi connectivity index (χ2n) is 4.08. The third kappa shape index (κ3) is 3.55. The average molecular weight is 272 g/mol. The number of amides is 1. The van der Waals surface area contributed by atoms with Gasteiger partial charge in [0.15, 0.2) is 0 Å². The van der Waals surface area contributed by atoms with Gasteiger partial charge in [0.25, 0.3) is 5.91 Å². The zero-order valence-corrected chi connectivity index (χ0v) is 10.7. The predicted molar refractivity (Wildman–Crippen MR) is 72.3 cm³/mol. The highest BCUT2D eigenvalue weighted by Crippen LogP contribution is 2.13. The Hall–Kier alpha value is -2.89. The van der Waals surface area contributed by atoms with Crippen LogP contribution in [-0.4, -0.2) is 22.1 Å². The molecule has 2 N–H and O–H groups in total. The quantitative estimate of drug-likeness (QED) is 0.833. The lowest BCUT2D eigenvalue weighted by atomic mass is 10.2. The number of rotatable bonds is 4. The molecule has 0 aliphatic heterocycles. The maximum Gasteiger partial charge on any atom is 0.328 e. The van der Waals surface area contributed by atoms with Gasteiger partial charge in [0.2, 0.25) is 5.76 Å². The molecule has 1 heterocycles. The highest BCUT2D eigenvalue weighted by molar-refractivity contribution is 6.02. The van der Waals surface area contributed by atoms with Gasteiger partial charge in [-0.3, -0.25) is 4.79 Å². The van der Waals surface area contributed by atoms with Crippen LogP contribution >= 0.6 is 0 Å². The Morgan fingerprint density at radius 2 is 2.00 bits per heavy atom. The Morgan fingerprint density at radius 1 is 1.30 bits per heavy atom. The van der Waals surface area contributed by atoms with Gasteiger partial charge in [-0.2, -0.15) is 0 Å². The van der Waals surface area contributed by atoms with Crippen LogP contribution in [0.25, 0.3) is 6.08 Å². The third-order valence-corrected chi connectivity index (χ3v) is 2.44. The summed E-state index contributed by atoms with van der Waals surface area (Å²) in [5.41, 5.74) is 1.93. The third-order valence-electron chi connectivity index (χ3n) is 2.44. The molecular formula is C14H12N2O4. The zero-order chi connectivity index (χ0) is 14.5. The largest absolute Gasteiger partial charge is 0.478 e. The first-order valence-corrected chi connectivity index (χ1v) is 5.80. The first-order chi connectivity index (χ1) is 9.54. The van der Waals surface area contributed by atoms with Crippen molar-refractivity contribution in [3.63, 3.8) is 0 Å². The minimum atomic E-state index is -1.01. The van der Waals surface area contributed by atoms with E-state index in [2.05, 4.69) is 10.5 Å². The number of aryl methyl sites for hydroxylation is 1. The molecule has 0 saturated carbocycles. The molecule has 1 amide bonds. The average Bonchev–Trinajstić information content (AvgIpc) is 2.85. The van der Waals surface area contributed by atoms with Crippen molar-refractivity contribution in [3.8, 4) is 0 Å². The molecule has 6 heteroatoms. The number of carboxylic acid groups (broad SMARTS) is 1. The number of aliphatic carboxylic acids is 1. The number of hydrogen-bond donors (Lipinski definition) is 2. The first-order valence-electron chi connectivity index (χ1n) is 5.80. The van der Waals surface area contributed by atoms with Gasteiger partial charge in [0, 0.05) is 17.8 Å². The van der Waals surface area contributed by atoms with Crippen LogP contribution in [0.4, 0.5) is 5.69 Å². The van der Waals surface area contributed by atoms with Gasteiger partial charge < -0.3 is 14.9 Å². The lowest BCUT2D eigenvalue weighted by Gasteiger charge is -2.02. The number of nitrogens with zero attached hydrogens (tertiary/aromatic N) is 1. The molecule has 0 aliphatic rings. The number of anilines is 1. The van der Waals surface area contributed by atoms with Crippen LogP contribution < -0.4 is 5.32 Å². The summed E-state index contributed by atoms with van der Waals surface area (Å²) >= 11 is 0. The fraction of sp³-hybridized carbons (Fsp3) is 0.0714. The molecular weight excluding hydrogens is 260 g/mol. The fourth-order valence-corrected chi connectivity index (χ4v) is 1.51. The molecule has 0 unspecified atom stereocenters. The number of aromatic nitrogens is 1. The Morgan fingerprint density at radius 3 is 2.55 bits per heavy atom. The standard InChI is InChI=1S/C14H12N2O4/c1-9-8-12(20-16-9)14(19)15-11-5-2-10(3-6-11)4-7-13(17)18/h2-8H,1H3,(H,15,19)(H,17,18). The van der Waals surface area contributed by atoms with E-state index in [1.54, 1.807) is 37.3 Å². The molecule has 1 aromatic heterocycles. The molecule has 1 aromatic carbocycles. The lowest BCUT2D eigenvalue weighted by molar-refractivity contribution is -0.131. The van der Waals surface area contributed by atoms with E-state index in [9.17, 15) is 9.59 Å². The Labute approximate surface area is 114 Å². The summed E-state index contributed by atoms with van der Waals surface area (Å²) in [6, 6.07) is 8.27. The number of carbonyl (C=O) groups is 2. The number of carboxylic acids is 1. The monoisotopic (exact) mass is 272 g/mol. The lowest BCUT2D eigenvalue weighted by Crippen LogP contribution is -2.10. The topological polar surface area (TPSA) is 92.4 Å². The fourth-order valence-electron chi connectivity index (χ4n) is 1.51. The van der Waals surface area contributed by atoms with Gasteiger partial charge in [-0.05, 0) is 30.7 Å². The van der Waals surface area contributed by atoms with Crippen LogP contribution in [-0.2, 0) is 4.79 Å². The zero-order valence-electron chi connectivity index (χ0n) is 10.7. The Balaban J connectivity index is 2.03. The molecule has 6 nitrogen and oxygen atoms in total. The maximum absolute atomic E-state index is 11.8. The highest BCUT2D eigenvalue weighted by Gasteiger charge is 2.11. The molecule has 0 atom stereocenters. The molecule has 0 saturated heterocycles. The molecule has 2 rings (SSSR count). The van der Waals surface area contributed by atoms with E-state index < -0.39 is 5.97 Å². The van der Waals surface area contributed by atoms with Crippen molar-refractivity contribution >= 4 is 23.6 Å². The van der Waals surface area contributed by atoms with E-state index >= 15 is 0 Å². The summed E-state index contributed by atoms with van der Waals surface area (Å²) in [6.45, 7) is 1.73. The number of benzene rings is 1. The van der Waals surface area contributed by atoms with Crippen molar-refractivity contribution < 1.29 is 19.2 Å². The number of carbonyl (C=O) groups excluding carboxylic acids is 1. The van der Waals surface area contributed by atoms with Gasteiger partial charge in [0.05, 0.1) is 5.69 Å². The van der Waals surface area contributed by atoms with Crippen molar-refractivity contribution in [2.24, 2.45) is 0 Å². The minimum Gasteiger partial charge on any atom is -0.478 e. The maximum atomic E-state index is 11.8. The highest BCUT2D eigenvalue weighted by atomic mass is 16.5. The van der Waals surface area contributed by atoms with Crippen molar-refractivity contribution in [3.05, 3.63) is 53.4 Å². The minimum absolute atomic E-state index is 0.136. The van der Waals surface area contributed by atoms with Crippen LogP contribution in [0.5, 0.6) is 0 Å². The second kappa shape index (κ2) is 5.83. The van der Waals surface area contributed by atoms with Crippen molar-refractivity contribution in [1.29, 1.82) is 0 Å². The summed E-state index contributed by atoms with van der Waals surface area (Å²) in [7, 11) is 0. The summed E-state index contributed by atoms with van der Waals surface area (Å²) in [4.78, 5) is 22.2. The predicted octanol–water partition coefficient (Wildman–Crippen LogP) is 2.33. The number of hydrogen-bond acceptors (Lipinski definition) is 4. The van der Waals surface area contributed by atoms with Crippen molar-refractivity contribution in [2.75, 3.05) is 5.32 Å². The van der Waals surface area contributed by atoms with E-state index in [-0.39, 0.29) is 11.7 Å². The molecule has 0 bridgehead atoms. The smallest absolute Gasteiger partial charge is 0.328 e. The molecule has 2 aromatic rings. The van der Waals surface area contributed by atoms with Gasteiger partial charge in [-0.1, -0.05) is 17.3 Å². The van der Waals surface area contributed by atoms with Crippen LogP contribution in [0.1, 0.15) is 21.8 Å².